The van der Waals surface area contributed by atoms with Crippen LogP contribution in [-0.4, -0.2) is 42.4 Å². The number of nitrogens with one attached hydrogen (secondary N) is 2. The molecule has 1 unspecified atom stereocenters. The number of carbonyl (C=O) groups is 1. The fourth-order valence-electron chi connectivity index (χ4n) is 2.55. The van der Waals surface area contributed by atoms with E-state index in [-0.39, 0.29) is 18.6 Å². The molecule has 0 radical (unpaired) electrons. The van der Waals surface area contributed by atoms with Gasteiger partial charge in [-0.3, -0.25) is 0 Å². The molecule has 0 aliphatic carbocycles. The van der Waals surface area contributed by atoms with Crippen molar-refractivity contribution < 1.29 is 9.90 Å². The molecule has 0 aromatic heterocycles. The van der Waals surface area contributed by atoms with E-state index >= 15 is 0 Å². The largest absolute Gasteiger partial charge is 0.389 e. The number of carbonyl (C=O) groups excluding carboxylic acids is 1. The van der Waals surface area contributed by atoms with Gasteiger partial charge in [0.05, 0.1) is 16.3 Å². The van der Waals surface area contributed by atoms with Crippen LogP contribution in [-0.2, 0) is 0 Å². The van der Waals surface area contributed by atoms with Crippen LogP contribution in [0.4, 0.5) is 10.5 Å². The van der Waals surface area contributed by atoms with E-state index in [2.05, 4.69) is 15.5 Å². The lowest BCUT2D eigenvalue weighted by Crippen LogP contribution is -2.52. The number of halogens is 1. The molecule has 1 heterocycles. The monoisotopic (exact) mass is 325 g/mol. The van der Waals surface area contributed by atoms with Gasteiger partial charge in [-0.15, -0.1) is 0 Å². The number of aliphatic hydroxyl groups is 1. The Balaban J connectivity index is 1.88. The van der Waals surface area contributed by atoms with Crippen LogP contribution in [0.1, 0.15) is 26.7 Å². The van der Waals surface area contributed by atoms with Gasteiger partial charge in [-0.2, -0.15) is 0 Å². The molecule has 1 fully saturated rings. The van der Waals surface area contributed by atoms with E-state index in [0.717, 1.165) is 36.6 Å². The third kappa shape index (κ3) is 5.07. The summed E-state index contributed by atoms with van der Waals surface area (Å²) in [6, 6.07) is 7.59. The summed E-state index contributed by atoms with van der Waals surface area (Å²) in [6.45, 7) is 5.21. The molecule has 22 heavy (non-hydrogen) atoms. The van der Waals surface area contributed by atoms with Gasteiger partial charge in [0.2, 0.25) is 0 Å². The van der Waals surface area contributed by atoms with Gasteiger partial charge in [-0.1, -0.05) is 23.7 Å². The first-order chi connectivity index (χ1) is 10.3. The molecular weight excluding hydrogens is 302 g/mol. The quantitative estimate of drug-likeness (QED) is 0.796. The third-order valence-corrected chi connectivity index (χ3v) is 3.95. The molecular formula is C16H24ClN3O2. The number of urea groups is 1. The van der Waals surface area contributed by atoms with Crippen molar-refractivity contribution in [2.75, 3.05) is 24.5 Å². The normalized spacial score (nSPS) is 18.9. The van der Waals surface area contributed by atoms with Crippen LogP contribution in [0.15, 0.2) is 24.3 Å². The van der Waals surface area contributed by atoms with Crippen LogP contribution in [0.5, 0.6) is 0 Å². The van der Waals surface area contributed by atoms with Crippen molar-refractivity contribution in [3.8, 4) is 0 Å². The SMILES string of the molecule is CC(C)(O)CNC(=O)NC1CCCN(c2ccccc2Cl)C1. The summed E-state index contributed by atoms with van der Waals surface area (Å²) < 4.78 is 0. The number of amides is 2. The van der Waals surface area contributed by atoms with Crippen LogP contribution >= 0.6 is 11.6 Å². The van der Waals surface area contributed by atoms with Crippen molar-refractivity contribution >= 4 is 23.3 Å². The highest BCUT2D eigenvalue weighted by Crippen LogP contribution is 2.27. The Morgan fingerprint density at radius 2 is 2.18 bits per heavy atom. The minimum atomic E-state index is -0.909. The van der Waals surface area contributed by atoms with E-state index in [4.69, 9.17) is 11.6 Å². The Labute approximate surface area is 136 Å². The zero-order chi connectivity index (χ0) is 16.2. The Morgan fingerprint density at radius 3 is 2.86 bits per heavy atom. The van der Waals surface area contributed by atoms with Gasteiger partial charge < -0.3 is 20.6 Å². The van der Waals surface area contributed by atoms with Crippen molar-refractivity contribution in [3.05, 3.63) is 29.3 Å². The van der Waals surface area contributed by atoms with Crippen LogP contribution < -0.4 is 15.5 Å². The first-order valence-corrected chi connectivity index (χ1v) is 7.99. The highest BCUT2D eigenvalue weighted by atomic mass is 35.5. The summed E-state index contributed by atoms with van der Waals surface area (Å²) in [5, 5.41) is 16.0. The number of rotatable bonds is 4. The second-order valence-electron chi connectivity index (χ2n) is 6.38. The van der Waals surface area contributed by atoms with Gasteiger partial charge in [0.1, 0.15) is 0 Å². The molecule has 2 amide bonds. The number of hydrogen-bond acceptors (Lipinski definition) is 3. The summed E-state index contributed by atoms with van der Waals surface area (Å²) in [5.41, 5.74) is 0.0978. The van der Waals surface area contributed by atoms with Gasteiger partial charge in [0.25, 0.3) is 0 Å². The summed E-state index contributed by atoms with van der Waals surface area (Å²) >= 11 is 6.24. The lowest BCUT2D eigenvalue weighted by atomic mass is 10.0. The van der Waals surface area contributed by atoms with Crippen LogP contribution in [0, 0.1) is 0 Å². The number of hydrogen-bond donors (Lipinski definition) is 3. The van der Waals surface area contributed by atoms with E-state index in [1.165, 1.54) is 0 Å². The Morgan fingerprint density at radius 1 is 1.45 bits per heavy atom. The average molecular weight is 326 g/mol. The van der Waals surface area contributed by atoms with Gasteiger partial charge >= 0.3 is 6.03 Å². The maximum atomic E-state index is 11.9. The second kappa shape index (κ2) is 7.20. The second-order valence-corrected chi connectivity index (χ2v) is 6.78. The van der Waals surface area contributed by atoms with E-state index < -0.39 is 5.60 Å². The minimum absolute atomic E-state index is 0.0758. The molecule has 122 valence electrons. The molecule has 1 aromatic rings. The number of piperidine rings is 1. The van der Waals surface area contributed by atoms with Gasteiger partial charge in [0, 0.05) is 25.7 Å². The molecule has 1 atom stereocenters. The number of para-hydroxylation sites is 1. The molecule has 1 aromatic carbocycles. The standard InChI is InChI=1S/C16H24ClN3O2/c1-16(2,22)11-18-15(21)19-12-6-5-9-20(10-12)14-8-4-3-7-13(14)17/h3-4,7-8,12,22H,5-6,9-11H2,1-2H3,(H2,18,19,21). The van der Waals surface area contributed by atoms with Gasteiger partial charge in [0.15, 0.2) is 0 Å². The smallest absolute Gasteiger partial charge is 0.315 e. The lowest BCUT2D eigenvalue weighted by molar-refractivity contribution is 0.0817. The Kier molecular flexibility index (Phi) is 5.53. The predicted molar refractivity (Wildman–Crippen MR) is 89.5 cm³/mol. The topological polar surface area (TPSA) is 64.6 Å². The molecule has 1 aliphatic rings. The molecule has 5 nitrogen and oxygen atoms in total. The van der Waals surface area contributed by atoms with Crippen molar-refractivity contribution in [2.24, 2.45) is 0 Å². The van der Waals surface area contributed by atoms with Gasteiger partial charge in [-0.25, -0.2) is 4.79 Å². The molecule has 2 rings (SSSR count). The molecule has 0 bridgehead atoms. The highest BCUT2D eigenvalue weighted by molar-refractivity contribution is 6.33. The molecule has 6 heteroatoms. The number of nitrogens with zero attached hydrogens (tertiary/aromatic N) is 1. The van der Waals surface area contributed by atoms with E-state index in [1.807, 2.05) is 24.3 Å². The minimum Gasteiger partial charge on any atom is -0.389 e. The van der Waals surface area contributed by atoms with E-state index in [1.54, 1.807) is 13.8 Å². The van der Waals surface area contributed by atoms with Crippen molar-refractivity contribution in [2.45, 2.75) is 38.3 Å². The van der Waals surface area contributed by atoms with Gasteiger partial charge in [-0.05, 0) is 38.8 Å². The van der Waals surface area contributed by atoms with Crippen LogP contribution in [0.3, 0.4) is 0 Å². The van der Waals surface area contributed by atoms with E-state index in [9.17, 15) is 9.90 Å². The summed E-state index contributed by atoms with van der Waals surface area (Å²) in [5.74, 6) is 0. The van der Waals surface area contributed by atoms with Crippen molar-refractivity contribution in [1.82, 2.24) is 10.6 Å². The predicted octanol–water partition coefficient (Wildman–Crippen LogP) is 2.38. The van der Waals surface area contributed by atoms with Crippen LogP contribution in [0.25, 0.3) is 0 Å². The summed E-state index contributed by atoms with van der Waals surface area (Å²) in [4.78, 5) is 14.1. The Bertz CT molecular complexity index is 516. The van der Waals surface area contributed by atoms with E-state index in [0.29, 0.717) is 0 Å². The first-order valence-electron chi connectivity index (χ1n) is 7.61. The summed E-state index contributed by atoms with van der Waals surface area (Å²) in [7, 11) is 0. The molecule has 1 saturated heterocycles. The summed E-state index contributed by atoms with van der Waals surface area (Å²) in [6.07, 6.45) is 1.94. The zero-order valence-electron chi connectivity index (χ0n) is 13.1. The molecule has 3 N–H and O–H groups in total. The average Bonchev–Trinajstić information content (AvgIpc) is 2.45. The lowest BCUT2D eigenvalue weighted by Gasteiger charge is -2.35. The highest BCUT2D eigenvalue weighted by Gasteiger charge is 2.23. The van der Waals surface area contributed by atoms with Crippen molar-refractivity contribution in [3.63, 3.8) is 0 Å². The van der Waals surface area contributed by atoms with Crippen molar-refractivity contribution in [1.29, 1.82) is 0 Å². The maximum absolute atomic E-state index is 11.9. The first kappa shape index (κ1) is 16.9. The maximum Gasteiger partial charge on any atom is 0.315 e. The zero-order valence-corrected chi connectivity index (χ0v) is 13.9. The number of anilines is 1. The number of benzene rings is 1. The Hall–Kier alpha value is -1.46. The molecule has 0 spiro atoms. The van der Waals surface area contributed by atoms with Crippen LogP contribution in [0.2, 0.25) is 5.02 Å². The molecule has 0 saturated carbocycles. The third-order valence-electron chi connectivity index (χ3n) is 3.63. The fourth-order valence-corrected chi connectivity index (χ4v) is 2.81. The molecule has 1 aliphatic heterocycles. The fraction of sp³-hybridized carbons (Fsp3) is 0.562.